The Kier molecular flexibility index (Phi) is 2.32. The van der Waals surface area contributed by atoms with Gasteiger partial charge in [-0.3, -0.25) is 4.90 Å². The number of aliphatic hydroxyl groups excluding tert-OH is 4. The van der Waals surface area contributed by atoms with Gasteiger partial charge in [0.15, 0.2) is 0 Å². The molecule has 0 unspecified atom stereocenters. The molecule has 2 rings (SSSR count). The molecule has 0 saturated carbocycles. The molecule has 0 aromatic rings. The molecule has 14 heavy (non-hydrogen) atoms. The summed E-state index contributed by atoms with van der Waals surface area (Å²) in [6, 6.07) is -0.249. The molecule has 0 amide bonds. The quantitative estimate of drug-likeness (QED) is 0.393. The molecule has 5 nitrogen and oxygen atoms in total. The van der Waals surface area contributed by atoms with Crippen molar-refractivity contribution >= 4 is 0 Å². The van der Waals surface area contributed by atoms with E-state index in [0.29, 0.717) is 12.8 Å². The third-order valence-corrected chi connectivity index (χ3v) is 3.84. The van der Waals surface area contributed by atoms with E-state index >= 15 is 0 Å². The van der Waals surface area contributed by atoms with Gasteiger partial charge in [0.1, 0.15) is 6.10 Å². The van der Waals surface area contributed by atoms with Gasteiger partial charge in [0.25, 0.3) is 0 Å². The van der Waals surface area contributed by atoms with E-state index in [4.69, 9.17) is 0 Å². The highest BCUT2D eigenvalue weighted by molar-refractivity contribution is 5.14. The van der Waals surface area contributed by atoms with Crippen molar-refractivity contribution in [2.75, 3.05) is 13.7 Å². The molecular formula is C9H17NO4. The van der Waals surface area contributed by atoms with Gasteiger partial charge in [0, 0.05) is 6.04 Å². The van der Waals surface area contributed by atoms with E-state index in [2.05, 4.69) is 0 Å². The van der Waals surface area contributed by atoms with Crippen LogP contribution in [0, 0.1) is 0 Å². The van der Waals surface area contributed by atoms with Gasteiger partial charge in [0.05, 0.1) is 24.4 Å². The first kappa shape index (κ1) is 10.3. The number of fused-ring (bicyclic) bond motifs is 2. The molecule has 0 radical (unpaired) electrons. The molecule has 4 N–H and O–H groups in total. The Bertz CT molecular complexity index is 229. The van der Waals surface area contributed by atoms with Gasteiger partial charge in [-0.25, -0.2) is 0 Å². The summed E-state index contributed by atoms with van der Waals surface area (Å²) in [7, 11) is 1.77. The Morgan fingerprint density at radius 1 is 1.36 bits per heavy atom. The Morgan fingerprint density at radius 3 is 2.57 bits per heavy atom. The van der Waals surface area contributed by atoms with Gasteiger partial charge in [-0.1, -0.05) is 0 Å². The molecule has 2 aliphatic rings. The van der Waals surface area contributed by atoms with E-state index in [9.17, 15) is 20.4 Å². The maximum atomic E-state index is 9.84. The first-order chi connectivity index (χ1) is 6.53. The van der Waals surface area contributed by atoms with Gasteiger partial charge in [-0.15, -0.1) is 0 Å². The zero-order valence-electron chi connectivity index (χ0n) is 8.17. The van der Waals surface area contributed by atoms with E-state index < -0.39 is 23.9 Å². The zero-order valence-corrected chi connectivity index (χ0v) is 8.17. The summed E-state index contributed by atoms with van der Waals surface area (Å²) in [5, 5.41) is 38.5. The van der Waals surface area contributed by atoms with Crippen molar-refractivity contribution in [2.24, 2.45) is 0 Å². The van der Waals surface area contributed by atoms with Crippen LogP contribution in [0.1, 0.15) is 12.8 Å². The van der Waals surface area contributed by atoms with Gasteiger partial charge < -0.3 is 20.4 Å². The van der Waals surface area contributed by atoms with Crippen molar-refractivity contribution < 1.29 is 20.4 Å². The summed E-state index contributed by atoms with van der Waals surface area (Å²) in [4.78, 5) is 1.80. The minimum absolute atomic E-state index is 0.241. The number of piperidine rings is 1. The minimum atomic E-state index is -0.973. The lowest BCUT2D eigenvalue weighted by Crippen LogP contribution is -2.58. The number of nitrogens with zero attached hydrogens (tertiary/aromatic N) is 1. The van der Waals surface area contributed by atoms with Crippen LogP contribution in [0.4, 0.5) is 0 Å². The normalized spacial score (nSPS) is 53.8. The van der Waals surface area contributed by atoms with E-state index in [0.717, 1.165) is 0 Å². The average Bonchev–Trinajstić information content (AvgIpc) is 2.30. The van der Waals surface area contributed by atoms with Gasteiger partial charge in [0.2, 0.25) is 0 Å². The van der Waals surface area contributed by atoms with E-state index in [1.807, 2.05) is 0 Å². The number of likely N-dealkylation sites (N-methyl/N-ethyl adjacent to an activating group) is 1. The van der Waals surface area contributed by atoms with Crippen LogP contribution in [0.2, 0.25) is 0 Å². The highest BCUT2D eigenvalue weighted by Crippen LogP contribution is 2.42. The van der Waals surface area contributed by atoms with Crippen LogP contribution in [0.25, 0.3) is 0 Å². The van der Waals surface area contributed by atoms with Crippen LogP contribution >= 0.6 is 0 Å². The van der Waals surface area contributed by atoms with Crippen LogP contribution in [0.15, 0.2) is 0 Å². The minimum Gasteiger partial charge on any atom is -0.394 e. The van der Waals surface area contributed by atoms with Crippen LogP contribution in [-0.4, -0.2) is 68.9 Å². The average molecular weight is 203 g/mol. The van der Waals surface area contributed by atoms with Crippen molar-refractivity contribution in [2.45, 2.75) is 42.7 Å². The zero-order chi connectivity index (χ0) is 10.5. The molecule has 5 atom stereocenters. The molecule has 2 bridgehead atoms. The first-order valence-corrected chi connectivity index (χ1v) is 4.91. The fourth-order valence-corrected chi connectivity index (χ4v) is 2.90. The molecule has 2 heterocycles. The Labute approximate surface area is 82.6 Å². The maximum Gasteiger partial charge on any atom is 0.102 e. The predicted octanol–water partition coefficient (Wildman–Crippen LogP) is -2.09. The molecule has 2 aliphatic heterocycles. The van der Waals surface area contributed by atoms with Crippen LogP contribution in [-0.2, 0) is 0 Å². The Hall–Kier alpha value is -0.200. The monoisotopic (exact) mass is 203 g/mol. The van der Waals surface area contributed by atoms with E-state index in [1.165, 1.54) is 0 Å². The molecule has 82 valence electrons. The summed E-state index contributed by atoms with van der Waals surface area (Å²) in [5.41, 5.74) is -0.859. The van der Waals surface area contributed by atoms with Crippen molar-refractivity contribution in [1.29, 1.82) is 0 Å². The summed E-state index contributed by atoms with van der Waals surface area (Å²) < 4.78 is 0. The fraction of sp³-hybridized carbons (Fsp3) is 1.00. The Balaban J connectivity index is 2.35. The van der Waals surface area contributed by atoms with E-state index in [-0.39, 0.29) is 12.6 Å². The lowest BCUT2D eigenvalue weighted by Gasteiger charge is -2.43. The maximum absolute atomic E-state index is 9.84. The molecule has 0 aromatic heterocycles. The second-order valence-electron chi connectivity index (χ2n) is 4.47. The Morgan fingerprint density at radius 2 is 2.00 bits per heavy atom. The summed E-state index contributed by atoms with van der Waals surface area (Å²) in [6.07, 6.45) is -1.62. The van der Waals surface area contributed by atoms with Crippen molar-refractivity contribution in [3.63, 3.8) is 0 Å². The highest BCUT2D eigenvalue weighted by Gasteiger charge is 2.60. The summed E-state index contributed by atoms with van der Waals surface area (Å²) in [6.45, 7) is -0.241. The fourth-order valence-electron chi connectivity index (χ4n) is 2.90. The summed E-state index contributed by atoms with van der Waals surface area (Å²) in [5.74, 6) is 0. The molecule has 2 saturated heterocycles. The number of rotatable bonds is 1. The highest BCUT2D eigenvalue weighted by atomic mass is 16.3. The van der Waals surface area contributed by atoms with Crippen molar-refractivity contribution in [3.05, 3.63) is 0 Å². The topological polar surface area (TPSA) is 84.2 Å². The molecule has 0 aromatic carbocycles. The number of hydrogen-bond donors (Lipinski definition) is 4. The lowest BCUT2D eigenvalue weighted by atomic mass is 9.86. The second kappa shape index (κ2) is 3.15. The number of hydrogen-bond acceptors (Lipinski definition) is 5. The molecule has 5 heteroatoms. The third kappa shape index (κ3) is 1.07. The standard InChI is InChI=1S/C9H17NO4/c1-10-6-2-5(12)3-9(10,4-11)8(14)7(6)13/h5-8,11-14H,2-4H2,1H3/t5-,6-,7-,8+,9-/m0/s1. The smallest absolute Gasteiger partial charge is 0.102 e. The predicted molar refractivity (Wildman–Crippen MR) is 48.6 cm³/mol. The number of aliphatic hydroxyl groups is 4. The van der Waals surface area contributed by atoms with Crippen molar-refractivity contribution in [3.8, 4) is 0 Å². The van der Waals surface area contributed by atoms with Crippen LogP contribution < -0.4 is 0 Å². The van der Waals surface area contributed by atoms with Gasteiger partial charge in [-0.2, -0.15) is 0 Å². The summed E-state index contributed by atoms with van der Waals surface area (Å²) >= 11 is 0. The second-order valence-corrected chi connectivity index (χ2v) is 4.47. The van der Waals surface area contributed by atoms with Gasteiger partial charge in [-0.05, 0) is 19.9 Å². The van der Waals surface area contributed by atoms with Crippen LogP contribution in [0.3, 0.4) is 0 Å². The molecule has 0 spiro atoms. The first-order valence-electron chi connectivity index (χ1n) is 4.91. The molecule has 0 aliphatic carbocycles. The SMILES string of the molecule is CN1[C@H]2C[C@H](O)C[C@]1(CO)[C@H](O)[C@H]2O. The third-order valence-electron chi connectivity index (χ3n) is 3.84. The molecule has 2 fully saturated rings. The van der Waals surface area contributed by atoms with E-state index in [1.54, 1.807) is 11.9 Å². The van der Waals surface area contributed by atoms with Crippen LogP contribution in [0.5, 0.6) is 0 Å². The van der Waals surface area contributed by atoms with Gasteiger partial charge >= 0.3 is 0 Å². The lowest BCUT2D eigenvalue weighted by molar-refractivity contribution is -0.0700. The van der Waals surface area contributed by atoms with Crippen molar-refractivity contribution in [1.82, 2.24) is 4.90 Å². The molecular weight excluding hydrogens is 186 g/mol. The largest absolute Gasteiger partial charge is 0.394 e.